The number of carbonyl (C=O) groups excluding carboxylic acids is 2. The van der Waals surface area contributed by atoms with Crippen LogP contribution in [0, 0.1) is 13.8 Å². The van der Waals surface area contributed by atoms with E-state index >= 15 is 0 Å². The maximum atomic E-state index is 12.8. The van der Waals surface area contributed by atoms with E-state index in [4.69, 9.17) is 4.74 Å². The lowest BCUT2D eigenvalue weighted by atomic mass is 10.1. The van der Waals surface area contributed by atoms with Crippen LogP contribution in [0.1, 0.15) is 30.5 Å². The molecule has 1 N–H and O–H groups in total. The van der Waals surface area contributed by atoms with Gasteiger partial charge in [0.05, 0.1) is 0 Å². The van der Waals surface area contributed by atoms with Gasteiger partial charge in [-0.3, -0.25) is 9.59 Å². The molecule has 0 aliphatic carbocycles. The monoisotopic (exact) mass is 368 g/mol. The Hall–Kier alpha value is -2.82. The van der Waals surface area contributed by atoms with Gasteiger partial charge in [-0.15, -0.1) is 0 Å². The topological polar surface area (TPSA) is 58.6 Å². The summed E-state index contributed by atoms with van der Waals surface area (Å²) in [6.45, 7) is 8.35. The molecule has 5 nitrogen and oxygen atoms in total. The van der Waals surface area contributed by atoms with Gasteiger partial charge < -0.3 is 15.0 Å². The number of aryl methyl sites for hydroxylation is 2. The third-order valence-electron chi connectivity index (χ3n) is 4.34. The number of amides is 2. The molecular weight excluding hydrogens is 340 g/mol. The van der Waals surface area contributed by atoms with Crippen molar-refractivity contribution in [3.8, 4) is 5.75 Å². The highest BCUT2D eigenvalue weighted by atomic mass is 16.5. The van der Waals surface area contributed by atoms with Gasteiger partial charge in [-0.25, -0.2) is 0 Å². The van der Waals surface area contributed by atoms with E-state index in [0.717, 1.165) is 16.7 Å². The molecule has 0 saturated carbocycles. The van der Waals surface area contributed by atoms with E-state index < -0.39 is 6.04 Å². The van der Waals surface area contributed by atoms with Crippen LogP contribution >= 0.6 is 0 Å². The van der Waals surface area contributed by atoms with Gasteiger partial charge in [-0.05, 0) is 51.0 Å². The van der Waals surface area contributed by atoms with Crippen molar-refractivity contribution in [2.75, 3.05) is 13.2 Å². The summed E-state index contributed by atoms with van der Waals surface area (Å²) in [4.78, 5) is 26.7. The number of ether oxygens (including phenoxy) is 1. The molecule has 2 aromatic rings. The largest absolute Gasteiger partial charge is 0.484 e. The van der Waals surface area contributed by atoms with Crippen LogP contribution < -0.4 is 10.1 Å². The van der Waals surface area contributed by atoms with Crippen molar-refractivity contribution in [1.29, 1.82) is 0 Å². The molecule has 2 rings (SSSR count). The molecule has 0 aromatic heterocycles. The van der Waals surface area contributed by atoms with Crippen LogP contribution in [0.3, 0.4) is 0 Å². The Morgan fingerprint density at radius 2 is 1.78 bits per heavy atom. The first-order valence-electron chi connectivity index (χ1n) is 9.23. The number of nitrogens with zero attached hydrogens (tertiary/aromatic N) is 1. The van der Waals surface area contributed by atoms with Crippen LogP contribution in [0.4, 0.5) is 0 Å². The van der Waals surface area contributed by atoms with Crippen LogP contribution in [0.2, 0.25) is 0 Å². The van der Waals surface area contributed by atoms with Gasteiger partial charge in [0.2, 0.25) is 5.91 Å². The molecule has 2 aromatic carbocycles. The molecule has 2 amide bonds. The molecule has 144 valence electrons. The fourth-order valence-electron chi connectivity index (χ4n) is 2.73. The summed E-state index contributed by atoms with van der Waals surface area (Å²) in [7, 11) is 0. The molecule has 0 unspecified atom stereocenters. The molecule has 0 spiro atoms. The van der Waals surface area contributed by atoms with E-state index in [-0.39, 0.29) is 18.4 Å². The minimum atomic E-state index is -0.583. The van der Waals surface area contributed by atoms with Gasteiger partial charge in [0.25, 0.3) is 5.91 Å². The van der Waals surface area contributed by atoms with Crippen LogP contribution in [-0.2, 0) is 16.1 Å². The Balaban J connectivity index is 2.12. The van der Waals surface area contributed by atoms with Gasteiger partial charge in [0.1, 0.15) is 11.8 Å². The van der Waals surface area contributed by atoms with Gasteiger partial charge in [0.15, 0.2) is 6.61 Å². The Morgan fingerprint density at radius 1 is 1.07 bits per heavy atom. The highest BCUT2D eigenvalue weighted by Crippen LogP contribution is 2.14. The van der Waals surface area contributed by atoms with Crippen LogP contribution in [0.5, 0.6) is 5.75 Å². The van der Waals surface area contributed by atoms with Gasteiger partial charge in [0, 0.05) is 13.1 Å². The average molecular weight is 368 g/mol. The molecule has 0 bridgehead atoms. The van der Waals surface area contributed by atoms with Crippen molar-refractivity contribution in [2.45, 2.75) is 40.3 Å². The Morgan fingerprint density at radius 3 is 2.41 bits per heavy atom. The van der Waals surface area contributed by atoms with Crippen LogP contribution in [-0.4, -0.2) is 35.9 Å². The van der Waals surface area contributed by atoms with Crippen molar-refractivity contribution >= 4 is 11.8 Å². The molecule has 27 heavy (non-hydrogen) atoms. The lowest BCUT2D eigenvalue weighted by Gasteiger charge is -2.28. The molecule has 0 saturated heterocycles. The molecule has 0 fully saturated rings. The molecule has 0 radical (unpaired) electrons. The zero-order valence-electron chi connectivity index (χ0n) is 16.5. The third-order valence-corrected chi connectivity index (χ3v) is 4.34. The molecule has 5 heteroatoms. The summed E-state index contributed by atoms with van der Waals surface area (Å²) in [5.74, 6) is 0.244. The number of likely N-dealkylation sites (N-methyl/N-ethyl adjacent to an activating group) is 1. The summed E-state index contributed by atoms with van der Waals surface area (Å²) >= 11 is 0. The van der Waals surface area contributed by atoms with E-state index in [2.05, 4.69) is 5.32 Å². The first-order chi connectivity index (χ1) is 12.9. The Kier molecular flexibility index (Phi) is 7.41. The molecule has 0 heterocycles. The number of hydrogen-bond acceptors (Lipinski definition) is 3. The summed E-state index contributed by atoms with van der Waals surface area (Å²) in [5.41, 5.74) is 3.18. The molecule has 0 aliphatic heterocycles. The zero-order chi connectivity index (χ0) is 19.8. The summed E-state index contributed by atoms with van der Waals surface area (Å²) in [6, 6.07) is 14.9. The highest BCUT2D eigenvalue weighted by molar-refractivity contribution is 5.87. The smallest absolute Gasteiger partial charge is 0.261 e. The zero-order valence-corrected chi connectivity index (χ0v) is 16.5. The standard InChI is InChI=1S/C22H28N2O3/c1-5-23-22(26)18(4)24(14-19-11-9-16(2)10-12-19)21(25)15-27-20-8-6-7-17(3)13-20/h6-13,18H,5,14-15H2,1-4H3,(H,23,26)/t18-/m0/s1. The predicted octanol–water partition coefficient (Wildman–Crippen LogP) is 3.24. The molecular formula is C22H28N2O3. The number of hydrogen-bond donors (Lipinski definition) is 1. The fourth-order valence-corrected chi connectivity index (χ4v) is 2.73. The highest BCUT2D eigenvalue weighted by Gasteiger charge is 2.26. The van der Waals surface area contributed by atoms with Crippen molar-refractivity contribution in [3.05, 3.63) is 65.2 Å². The second kappa shape index (κ2) is 9.76. The van der Waals surface area contributed by atoms with Gasteiger partial charge in [-0.1, -0.05) is 42.0 Å². The first-order valence-corrected chi connectivity index (χ1v) is 9.23. The van der Waals surface area contributed by atoms with E-state index in [1.165, 1.54) is 0 Å². The van der Waals surface area contributed by atoms with E-state index in [1.807, 2.05) is 69.3 Å². The fraction of sp³-hybridized carbons (Fsp3) is 0.364. The van der Waals surface area contributed by atoms with Crippen molar-refractivity contribution in [3.63, 3.8) is 0 Å². The Labute approximate surface area is 161 Å². The number of carbonyl (C=O) groups is 2. The van der Waals surface area contributed by atoms with Gasteiger partial charge in [-0.2, -0.15) is 0 Å². The second-order valence-electron chi connectivity index (χ2n) is 6.68. The summed E-state index contributed by atoms with van der Waals surface area (Å²) < 4.78 is 5.65. The molecule has 0 aliphatic rings. The van der Waals surface area contributed by atoms with E-state index in [9.17, 15) is 9.59 Å². The Bertz CT molecular complexity index is 771. The third kappa shape index (κ3) is 6.13. The quantitative estimate of drug-likeness (QED) is 0.778. The van der Waals surface area contributed by atoms with Crippen LogP contribution in [0.25, 0.3) is 0 Å². The minimum absolute atomic E-state index is 0.112. The second-order valence-corrected chi connectivity index (χ2v) is 6.68. The summed E-state index contributed by atoms with van der Waals surface area (Å²) in [6.07, 6.45) is 0. The lowest BCUT2D eigenvalue weighted by Crippen LogP contribution is -2.49. The van der Waals surface area contributed by atoms with Crippen molar-refractivity contribution < 1.29 is 14.3 Å². The summed E-state index contributed by atoms with van der Waals surface area (Å²) in [5, 5.41) is 2.78. The maximum Gasteiger partial charge on any atom is 0.261 e. The first kappa shape index (κ1) is 20.5. The van der Waals surface area contributed by atoms with Crippen LogP contribution in [0.15, 0.2) is 48.5 Å². The van der Waals surface area contributed by atoms with Crippen molar-refractivity contribution in [1.82, 2.24) is 10.2 Å². The SMILES string of the molecule is CCNC(=O)[C@H](C)N(Cc1ccc(C)cc1)C(=O)COc1cccc(C)c1. The van der Waals surface area contributed by atoms with Crippen molar-refractivity contribution in [2.24, 2.45) is 0 Å². The lowest BCUT2D eigenvalue weighted by molar-refractivity contribution is -0.142. The molecule has 1 atom stereocenters. The normalized spacial score (nSPS) is 11.6. The van der Waals surface area contributed by atoms with E-state index in [0.29, 0.717) is 18.8 Å². The van der Waals surface area contributed by atoms with E-state index in [1.54, 1.807) is 11.8 Å². The van der Waals surface area contributed by atoms with Gasteiger partial charge >= 0.3 is 0 Å². The number of benzene rings is 2. The average Bonchev–Trinajstić information content (AvgIpc) is 2.65. The predicted molar refractivity (Wildman–Crippen MR) is 107 cm³/mol. The number of nitrogens with one attached hydrogen (secondary N) is 1. The minimum Gasteiger partial charge on any atom is -0.484 e. The maximum absolute atomic E-state index is 12.8. The number of rotatable bonds is 8.